The Morgan fingerprint density at radius 2 is 0.750 bits per heavy atom. The minimum absolute atomic E-state index is 0.0471. The number of nitrogens with zero attached hydrogens (tertiary/aromatic N) is 4. The minimum Gasteiger partial charge on any atom is -0.334 e. The van der Waals surface area contributed by atoms with E-state index >= 15 is 0 Å². The number of fused-ring (bicyclic) bond motifs is 8. The van der Waals surface area contributed by atoms with Gasteiger partial charge < -0.3 is 9.80 Å². The van der Waals surface area contributed by atoms with Crippen molar-refractivity contribution in [2.75, 3.05) is 9.80 Å². The molecule has 4 atom stereocenters. The quantitative estimate of drug-likeness (QED) is 0.155. The molecular formula is C76H66N4. The van der Waals surface area contributed by atoms with Crippen molar-refractivity contribution in [3.8, 4) is 44.5 Å². The summed E-state index contributed by atoms with van der Waals surface area (Å²) in [5.41, 5.74) is 20.1. The molecule has 0 N–H and O–H groups in total. The van der Waals surface area contributed by atoms with Crippen molar-refractivity contribution in [2.45, 2.75) is 115 Å². The SMILES string of the molecule is Cc1cc(N2c3ccc(-c4cc(-c5cccc6ccccc56)c5ccc6c(-c7ccc8c(c7)C7(C)CCCCC7(C)N8c7ccnc(C)c7)cc(-c7cccc8ccccc78)c7ccc4c5c67)cc3C3(C)CCCCC23C)ccn1. The Morgan fingerprint density at radius 3 is 1.19 bits per heavy atom. The van der Waals surface area contributed by atoms with Gasteiger partial charge in [0.2, 0.25) is 0 Å². The molecule has 2 saturated carbocycles. The van der Waals surface area contributed by atoms with Gasteiger partial charge >= 0.3 is 0 Å². The average Bonchev–Trinajstić information content (AvgIpc) is 4.06. The van der Waals surface area contributed by atoms with Crippen LogP contribution in [0.2, 0.25) is 0 Å². The smallest absolute Gasteiger partial charge is 0.0517 e. The summed E-state index contributed by atoms with van der Waals surface area (Å²) < 4.78 is 0. The summed E-state index contributed by atoms with van der Waals surface area (Å²) in [5.74, 6) is 0. The van der Waals surface area contributed by atoms with Gasteiger partial charge in [0.15, 0.2) is 0 Å². The Balaban J connectivity index is 1.00. The van der Waals surface area contributed by atoms with Gasteiger partial charge in [-0.3, -0.25) is 9.97 Å². The Hall–Kier alpha value is -8.34. The largest absolute Gasteiger partial charge is 0.334 e. The lowest BCUT2D eigenvalue weighted by atomic mass is 9.61. The fraction of sp³-hybridized carbons (Fsp3) is 0.237. The first-order valence-corrected chi connectivity index (χ1v) is 29.5. The molecule has 12 aromatic rings. The van der Waals surface area contributed by atoms with Gasteiger partial charge in [0.25, 0.3) is 0 Å². The molecule has 0 spiro atoms. The molecule has 2 aliphatic carbocycles. The van der Waals surface area contributed by atoms with Crippen molar-refractivity contribution in [1.29, 1.82) is 0 Å². The molecule has 4 nitrogen and oxygen atoms in total. The Morgan fingerprint density at radius 1 is 0.350 bits per heavy atom. The summed E-state index contributed by atoms with van der Waals surface area (Å²) in [5, 5.41) is 12.9. The first-order valence-electron chi connectivity index (χ1n) is 29.5. The van der Waals surface area contributed by atoms with E-state index in [0.29, 0.717) is 0 Å². The summed E-state index contributed by atoms with van der Waals surface area (Å²) in [6.45, 7) is 14.4. The van der Waals surface area contributed by atoms with Crippen molar-refractivity contribution in [3.63, 3.8) is 0 Å². The van der Waals surface area contributed by atoms with Crippen molar-refractivity contribution < 1.29 is 0 Å². The van der Waals surface area contributed by atoms with E-state index in [1.54, 1.807) is 0 Å². The maximum Gasteiger partial charge on any atom is 0.0517 e. The topological polar surface area (TPSA) is 32.3 Å². The van der Waals surface area contributed by atoms with Crippen LogP contribution in [0.1, 0.15) is 102 Å². The van der Waals surface area contributed by atoms with Gasteiger partial charge in [-0.1, -0.05) is 161 Å². The Kier molecular flexibility index (Phi) is 10.2. The number of aromatic nitrogens is 2. The van der Waals surface area contributed by atoms with Crippen LogP contribution >= 0.6 is 0 Å². The van der Waals surface area contributed by atoms with Crippen LogP contribution in [0, 0.1) is 13.8 Å². The van der Waals surface area contributed by atoms with E-state index in [2.05, 4.69) is 243 Å². The fourth-order valence-corrected chi connectivity index (χ4v) is 16.8. The predicted octanol–water partition coefficient (Wildman–Crippen LogP) is 20.4. The molecule has 4 unspecified atom stereocenters. The maximum atomic E-state index is 4.66. The van der Waals surface area contributed by atoms with Crippen LogP contribution in [0.15, 0.2) is 194 Å². The van der Waals surface area contributed by atoms with Gasteiger partial charge in [0, 0.05) is 57.4 Å². The highest BCUT2D eigenvalue weighted by molar-refractivity contribution is 6.33. The second kappa shape index (κ2) is 17.1. The third kappa shape index (κ3) is 6.45. The number of rotatable bonds is 6. The van der Waals surface area contributed by atoms with E-state index in [9.17, 15) is 0 Å². The predicted molar refractivity (Wildman–Crippen MR) is 338 cm³/mol. The van der Waals surface area contributed by atoms with Gasteiger partial charge in [0.1, 0.15) is 0 Å². The van der Waals surface area contributed by atoms with Crippen LogP contribution in [0.3, 0.4) is 0 Å². The monoisotopic (exact) mass is 1030 g/mol. The van der Waals surface area contributed by atoms with Gasteiger partial charge in [0.05, 0.1) is 11.1 Å². The lowest BCUT2D eigenvalue weighted by Crippen LogP contribution is -2.54. The molecule has 2 aliphatic heterocycles. The third-order valence-corrected chi connectivity index (χ3v) is 21.2. The molecule has 0 saturated heterocycles. The molecule has 4 heterocycles. The zero-order valence-electron chi connectivity index (χ0n) is 46.9. The molecule has 0 amide bonds. The van der Waals surface area contributed by atoms with E-state index < -0.39 is 0 Å². The normalized spacial score (nSPS) is 22.4. The van der Waals surface area contributed by atoms with E-state index in [-0.39, 0.29) is 21.9 Å². The van der Waals surface area contributed by atoms with Crippen LogP contribution in [0.25, 0.3) is 98.4 Å². The van der Waals surface area contributed by atoms with Crippen molar-refractivity contribution in [2.24, 2.45) is 0 Å². The van der Waals surface area contributed by atoms with Gasteiger partial charge in [-0.15, -0.1) is 0 Å². The number of benzene rings is 10. The van der Waals surface area contributed by atoms with Crippen LogP contribution in [-0.2, 0) is 10.8 Å². The molecular weight excluding hydrogens is 969 g/mol. The van der Waals surface area contributed by atoms with Crippen molar-refractivity contribution in [3.05, 3.63) is 217 Å². The number of hydrogen-bond donors (Lipinski definition) is 0. The van der Waals surface area contributed by atoms with E-state index in [0.717, 1.165) is 37.1 Å². The first kappa shape index (κ1) is 47.6. The molecule has 4 heteroatoms. The molecule has 10 aromatic carbocycles. The number of hydrogen-bond acceptors (Lipinski definition) is 4. The second-order valence-corrected chi connectivity index (χ2v) is 25.1. The Bertz CT molecular complexity index is 4270. The summed E-state index contributed by atoms with van der Waals surface area (Å²) in [6.07, 6.45) is 13.5. The van der Waals surface area contributed by atoms with E-state index in [1.807, 2.05) is 12.4 Å². The summed E-state index contributed by atoms with van der Waals surface area (Å²) >= 11 is 0. The van der Waals surface area contributed by atoms with Crippen molar-refractivity contribution in [1.82, 2.24) is 9.97 Å². The zero-order chi connectivity index (χ0) is 53.9. The highest BCUT2D eigenvalue weighted by atomic mass is 15.3. The number of anilines is 4. The molecule has 80 heavy (non-hydrogen) atoms. The molecule has 4 aliphatic rings. The molecule has 2 aromatic heterocycles. The fourth-order valence-electron chi connectivity index (χ4n) is 16.8. The van der Waals surface area contributed by atoms with E-state index in [1.165, 1.54) is 158 Å². The highest BCUT2D eigenvalue weighted by Crippen LogP contribution is 2.64. The number of pyridine rings is 2. The van der Waals surface area contributed by atoms with Gasteiger partial charge in [-0.05, 0) is 224 Å². The molecule has 2 fully saturated rings. The van der Waals surface area contributed by atoms with Crippen LogP contribution in [0.4, 0.5) is 22.7 Å². The van der Waals surface area contributed by atoms with E-state index in [4.69, 9.17) is 0 Å². The lowest BCUT2D eigenvalue weighted by molar-refractivity contribution is 0.195. The maximum absolute atomic E-state index is 4.66. The summed E-state index contributed by atoms with van der Waals surface area (Å²) in [6, 6.07) is 70.7. The summed E-state index contributed by atoms with van der Waals surface area (Å²) in [4.78, 5) is 14.7. The van der Waals surface area contributed by atoms with Gasteiger partial charge in [-0.2, -0.15) is 0 Å². The minimum atomic E-state index is -0.0773. The molecule has 390 valence electrons. The Labute approximate surface area is 470 Å². The molecule has 0 bridgehead atoms. The standard InChI is InChI=1S/C76H66N4/c1-47-41-53(33-39-77-47)79-69-31-25-51(43-67(69)73(3)35-11-13-37-75(73,79)5)63-45-65(57-23-15-19-49-17-7-9-21-55(49)57)61-30-28-60-64(46-66(62-29-27-59(63)71(61)72(60)62)58-24-16-20-50-18-8-10-22-56(50)58)52-26-32-70-68(44-52)74(4)36-12-14-38-76(74,6)80(70)54-34-40-78-48(2)42-54/h7-10,15-34,39-46H,11-14,35-38H2,1-6H3. The first-order chi connectivity index (χ1) is 39.0. The van der Waals surface area contributed by atoms with Crippen LogP contribution in [0.5, 0.6) is 0 Å². The zero-order valence-corrected chi connectivity index (χ0v) is 46.9. The molecule has 0 radical (unpaired) electrons. The number of aryl methyl sites for hydroxylation is 2. The van der Waals surface area contributed by atoms with Crippen LogP contribution < -0.4 is 9.80 Å². The summed E-state index contributed by atoms with van der Waals surface area (Å²) in [7, 11) is 0. The second-order valence-electron chi connectivity index (χ2n) is 25.1. The van der Waals surface area contributed by atoms with Gasteiger partial charge in [-0.25, -0.2) is 0 Å². The van der Waals surface area contributed by atoms with Crippen LogP contribution in [-0.4, -0.2) is 21.0 Å². The third-order valence-electron chi connectivity index (χ3n) is 21.2. The van der Waals surface area contributed by atoms with Crippen molar-refractivity contribution >= 4 is 76.6 Å². The highest BCUT2D eigenvalue weighted by Gasteiger charge is 2.59. The lowest BCUT2D eigenvalue weighted by Gasteiger charge is -2.50. The molecule has 16 rings (SSSR count). The average molecular weight is 1040 g/mol.